The molecular weight excluding hydrogens is 208 g/mol. The van der Waals surface area contributed by atoms with Crippen LogP contribution in [0.15, 0.2) is 0 Å². The molecule has 0 bridgehead atoms. The zero-order valence-electron chi connectivity index (χ0n) is 9.90. The van der Waals surface area contributed by atoms with Gasteiger partial charge in [0.2, 0.25) is 0 Å². The van der Waals surface area contributed by atoms with Crippen molar-refractivity contribution in [2.75, 3.05) is 13.1 Å². The molecule has 16 heavy (non-hydrogen) atoms. The van der Waals surface area contributed by atoms with Gasteiger partial charge in [0.05, 0.1) is 0 Å². The summed E-state index contributed by atoms with van der Waals surface area (Å²) in [5, 5.41) is 11.4. The summed E-state index contributed by atoms with van der Waals surface area (Å²) in [6, 6.07) is -1.02. The number of carboxylic acid groups (broad SMARTS) is 1. The van der Waals surface area contributed by atoms with Crippen LogP contribution >= 0.6 is 0 Å². The van der Waals surface area contributed by atoms with Crippen molar-refractivity contribution in [3.05, 3.63) is 0 Å². The second kappa shape index (κ2) is 5.72. The third-order valence-corrected chi connectivity index (χ3v) is 2.95. The summed E-state index contributed by atoms with van der Waals surface area (Å²) in [7, 11) is 0. The summed E-state index contributed by atoms with van der Waals surface area (Å²) < 4.78 is 0. The molecule has 92 valence electrons. The molecule has 0 aromatic heterocycles. The molecule has 0 aliphatic carbocycles. The number of nitrogens with zero attached hydrogens (tertiary/aromatic N) is 1. The monoisotopic (exact) mass is 228 g/mol. The van der Waals surface area contributed by atoms with E-state index >= 15 is 0 Å². The summed E-state index contributed by atoms with van der Waals surface area (Å²) in [5.41, 5.74) is 0. The summed E-state index contributed by atoms with van der Waals surface area (Å²) in [5.74, 6) is -0.467. The smallest absolute Gasteiger partial charge is 0.326 e. The molecule has 0 aromatic carbocycles. The highest BCUT2D eigenvalue weighted by Crippen LogP contribution is 2.15. The summed E-state index contributed by atoms with van der Waals surface area (Å²) >= 11 is 0. The number of urea groups is 1. The minimum absolute atomic E-state index is 0.249. The minimum Gasteiger partial charge on any atom is -0.480 e. The van der Waals surface area contributed by atoms with E-state index in [2.05, 4.69) is 12.2 Å². The lowest BCUT2D eigenvalue weighted by Crippen LogP contribution is -2.50. The number of rotatable bonds is 3. The van der Waals surface area contributed by atoms with Gasteiger partial charge in [0.25, 0.3) is 0 Å². The maximum atomic E-state index is 11.8. The van der Waals surface area contributed by atoms with Gasteiger partial charge in [-0.2, -0.15) is 0 Å². The van der Waals surface area contributed by atoms with Gasteiger partial charge < -0.3 is 15.3 Å². The molecule has 1 unspecified atom stereocenters. The first-order chi connectivity index (χ1) is 7.54. The van der Waals surface area contributed by atoms with Crippen molar-refractivity contribution in [1.29, 1.82) is 0 Å². The fourth-order valence-corrected chi connectivity index (χ4v) is 1.95. The Balaban J connectivity index is 2.47. The van der Waals surface area contributed by atoms with E-state index < -0.39 is 12.0 Å². The van der Waals surface area contributed by atoms with Crippen LogP contribution in [0.5, 0.6) is 0 Å². The standard InChI is InChI=1S/C11H20N2O3/c1-3-9(10(14)15)12-11(16)13-6-4-5-8(2)7-13/h8-9H,3-7H2,1-2H3,(H,12,16)(H,14,15)/t8?,9-/m0/s1. The van der Waals surface area contributed by atoms with Gasteiger partial charge >= 0.3 is 12.0 Å². The van der Waals surface area contributed by atoms with Gasteiger partial charge in [-0.25, -0.2) is 9.59 Å². The Hall–Kier alpha value is -1.26. The molecular formula is C11H20N2O3. The lowest BCUT2D eigenvalue weighted by Gasteiger charge is -2.31. The van der Waals surface area contributed by atoms with Crippen LogP contribution in [-0.4, -0.2) is 41.1 Å². The van der Waals surface area contributed by atoms with Gasteiger partial charge in [0.1, 0.15) is 6.04 Å². The molecule has 0 saturated carbocycles. The molecule has 2 atom stereocenters. The second-order valence-corrected chi connectivity index (χ2v) is 4.44. The number of amides is 2. The quantitative estimate of drug-likeness (QED) is 0.764. The molecule has 1 fully saturated rings. The van der Waals surface area contributed by atoms with E-state index in [9.17, 15) is 9.59 Å². The summed E-state index contributed by atoms with van der Waals surface area (Å²) in [4.78, 5) is 24.3. The number of hydrogen-bond donors (Lipinski definition) is 2. The van der Waals surface area contributed by atoms with Crippen molar-refractivity contribution >= 4 is 12.0 Å². The Labute approximate surface area is 95.8 Å². The number of carbonyl (C=O) groups is 2. The predicted molar refractivity (Wildman–Crippen MR) is 60.2 cm³/mol. The maximum Gasteiger partial charge on any atom is 0.326 e. The van der Waals surface area contributed by atoms with E-state index in [0.717, 1.165) is 25.9 Å². The van der Waals surface area contributed by atoms with Crippen molar-refractivity contribution in [1.82, 2.24) is 10.2 Å². The van der Waals surface area contributed by atoms with Crippen LogP contribution in [0.1, 0.15) is 33.1 Å². The first kappa shape index (κ1) is 12.8. The van der Waals surface area contributed by atoms with E-state index in [1.165, 1.54) is 0 Å². The van der Waals surface area contributed by atoms with E-state index in [-0.39, 0.29) is 6.03 Å². The molecule has 1 aliphatic heterocycles. The van der Waals surface area contributed by atoms with E-state index in [0.29, 0.717) is 12.3 Å². The number of piperidine rings is 1. The van der Waals surface area contributed by atoms with Crippen molar-refractivity contribution in [2.24, 2.45) is 5.92 Å². The molecule has 5 nitrogen and oxygen atoms in total. The summed E-state index contributed by atoms with van der Waals surface area (Å²) in [6.07, 6.45) is 2.54. The highest BCUT2D eigenvalue weighted by molar-refractivity contribution is 5.82. The van der Waals surface area contributed by atoms with Gasteiger partial charge in [-0.1, -0.05) is 13.8 Å². The number of hydrogen-bond acceptors (Lipinski definition) is 2. The van der Waals surface area contributed by atoms with Crippen LogP contribution in [0.25, 0.3) is 0 Å². The highest BCUT2D eigenvalue weighted by atomic mass is 16.4. The molecule has 0 radical (unpaired) electrons. The van der Waals surface area contributed by atoms with E-state index in [1.807, 2.05) is 0 Å². The number of nitrogens with one attached hydrogen (secondary N) is 1. The van der Waals surface area contributed by atoms with Crippen molar-refractivity contribution in [3.8, 4) is 0 Å². The fraction of sp³-hybridized carbons (Fsp3) is 0.818. The Morgan fingerprint density at radius 3 is 2.75 bits per heavy atom. The van der Waals surface area contributed by atoms with Crippen LogP contribution in [0, 0.1) is 5.92 Å². The van der Waals surface area contributed by atoms with Gasteiger partial charge in [0.15, 0.2) is 0 Å². The molecule has 1 heterocycles. The molecule has 0 spiro atoms. The zero-order valence-corrected chi connectivity index (χ0v) is 9.90. The normalized spacial score (nSPS) is 22.6. The Kier molecular flexibility index (Phi) is 4.58. The molecule has 2 N–H and O–H groups in total. The van der Waals surface area contributed by atoms with E-state index in [1.54, 1.807) is 11.8 Å². The van der Waals surface area contributed by atoms with Crippen LogP contribution < -0.4 is 5.32 Å². The van der Waals surface area contributed by atoms with Crippen LogP contribution in [-0.2, 0) is 4.79 Å². The second-order valence-electron chi connectivity index (χ2n) is 4.44. The zero-order chi connectivity index (χ0) is 12.1. The van der Waals surface area contributed by atoms with Crippen molar-refractivity contribution in [2.45, 2.75) is 39.2 Å². The first-order valence-corrected chi connectivity index (χ1v) is 5.82. The molecule has 5 heteroatoms. The van der Waals surface area contributed by atoms with Crippen LogP contribution in [0.2, 0.25) is 0 Å². The highest BCUT2D eigenvalue weighted by Gasteiger charge is 2.24. The summed E-state index contributed by atoms with van der Waals surface area (Å²) in [6.45, 7) is 5.31. The predicted octanol–water partition coefficient (Wildman–Crippen LogP) is 1.29. The Morgan fingerprint density at radius 1 is 1.56 bits per heavy atom. The molecule has 2 amide bonds. The number of carboxylic acids is 1. The lowest BCUT2D eigenvalue weighted by atomic mass is 10.0. The first-order valence-electron chi connectivity index (χ1n) is 5.82. The number of aliphatic carboxylic acids is 1. The number of likely N-dealkylation sites (tertiary alicyclic amines) is 1. The lowest BCUT2D eigenvalue weighted by molar-refractivity contribution is -0.139. The van der Waals surface area contributed by atoms with Gasteiger partial charge in [0, 0.05) is 13.1 Å². The SMILES string of the molecule is CC[C@H](NC(=O)N1CCCC(C)C1)C(=O)O. The Morgan fingerprint density at radius 2 is 2.25 bits per heavy atom. The van der Waals surface area contributed by atoms with Gasteiger partial charge in [-0.15, -0.1) is 0 Å². The number of carbonyl (C=O) groups excluding carboxylic acids is 1. The molecule has 1 aliphatic rings. The largest absolute Gasteiger partial charge is 0.480 e. The maximum absolute atomic E-state index is 11.8. The third-order valence-electron chi connectivity index (χ3n) is 2.95. The van der Waals surface area contributed by atoms with Crippen LogP contribution in [0.4, 0.5) is 4.79 Å². The molecule has 0 aromatic rings. The third kappa shape index (κ3) is 3.40. The average molecular weight is 228 g/mol. The van der Waals surface area contributed by atoms with Crippen molar-refractivity contribution in [3.63, 3.8) is 0 Å². The molecule has 1 saturated heterocycles. The van der Waals surface area contributed by atoms with Gasteiger partial charge in [-0.3, -0.25) is 0 Å². The minimum atomic E-state index is -0.971. The van der Waals surface area contributed by atoms with Crippen LogP contribution in [0.3, 0.4) is 0 Å². The van der Waals surface area contributed by atoms with E-state index in [4.69, 9.17) is 5.11 Å². The fourth-order valence-electron chi connectivity index (χ4n) is 1.95. The molecule has 1 rings (SSSR count). The van der Waals surface area contributed by atoms with Crippen molar-refractivity contribution < 1.29 is 14.7 Å². The Bertz CT molecular complexity index is 268. The van der Waals surface area contributed by atoms with Gasteiger partial charge in [-0.05, 0) is 25.2 Å². The average Bonchev–Trinajstić information content (AvgIpc) is 2.25. The topological polar surface area (TPSA) is 69.6 Å².